The van der Waals surface area contributed by atoms with Crippen molar-refractivity contribution in [3.63, 3.8) is 0 Å². The summed E-state index contributed by atoms with van der Waals surface area (Å²) in [7, 11) is 0. The topological polar surface area (TPSA) is 58.2 Å². The zero-order chi connectivity index (χ0) is 10.8. The molecule has 15 heavy (non-hydrogen) atoms. The third-order valence-corrected chi connectivity index (χ3v) is 3.24. The third-order valence-electron chi connectivity index (χ3n) is 1.83. The number of hydrogen-bond acceptors (Lipinski definition) is 4. The van der Waals surface area contributed by atoms with Crippen molar-refractivity contribution < 1.29 is 9.59 Å². The summed E-state index contributed by atoms with van der Waals surface area (Å²) in [5.41, 5.74) is 0.806. The summed E-state index contributed by atoms with van der Waals surface area (Å²) in [6.07, 6.45) is 0. The van der Waals surface area contributed by atoms with Crippen LogP contribution in [0.15, 0.2) is 28.7 Å². The first-order chi connectivity index (χ1) is 7.15. The maximum absolute atomic E-state index is 11.2. The van der Waals surface area contributed by atoms with Gasteiger partial charge in [0.2, 0.25) is 0 Å². The van der Waals surface area contributed by atoms with Gasteiger partial charge in [-0.3, -0.25) is 14.9 Å². The number of halogens is 1. The van der Waals surface area contributed by atoms with Crippen molar-refractivity contribution in [2.75, 3.05) is 5.32 Å². The van der Waals surface area contributed by atoms with Crippen molar-refractivity contribution in [1.29, 1.82) is 0 Å². The lowest BCUT2D eigenvalue weighted by Gasteiger charge is -2.09. The van der Waals surface area contributed by atoms with E-state index in [1.54, 1.807) is 0 Å². The highest BCUT2D eigenvalue weighted by molar-refractivity contribution is 9.10. The highest BCUT2D eigenvalue weighted by Crippen LogP contribution is 2.22. The number of thioether (sulfide) groups is 1. The summed E-state index contributed by atoms with van der Waals surface area (Å²) in [5, 5.41) is 4.33. The molecule has 1 aromatic rings. The highest BCUT2D eigenvalue weighted by Gasteiger charge is 2.31. The Kier molecular flexibility index (Phi) is 2.97. The van der Waals surface area contributed by atoms with Crippen LogP contribution in [-0.2, 0) is 4.79 Å². The monoisotopic (exact) mass is 286 g/mol. The minimum absolute atomic E-state index is 0.298. The Morgan fingerprint density at radius 1 is 1.27 bits per heavy atom. The van der Waals surface area contributed by atoms with Crippen molar-refractivity contribution in [2.24, 2.45) is 0 Å². The zero-order valence-corrected chi connectivity index (χ0v) is 9.89. The quantitative estimate of drug-likeness (QED) is 0.875. The lowest BCUT2D eigenvalue weighted by Crippen LogP contribution is -2.29. The van der Waals surface area contributed by atoms with Crippen LogP contribution in [0.3, 0.4) is 0 Å². The first-order valence-electron chi connectivity index (χ1n) is 4.19. The van der Waals surface area contributed by atoms with Gasteiger partial charge in [0, 0.05) is 10.2 Å². The predicted octanol–water partition coefficient (Wildman–Crippen LogP) is 2.17. The van der Waals surface area contributed by atoms with E-state index >= 15 is 0 Å². The van der Waals surface area contributed by atoms with Gasteiger partial charge in [0.05, 0.1) is 0 Å². The summed E-state index contributed by atoms with van der Waals surface area (Å²) < 4.78 is 0.965. The smallest absolute Gasteiger partial charge is 0.288 e. The minimum Gasteiger partial charge on any atom is -0.365 e. The Morgan fingerprint density at radius 2 is 1.93 bits per heavy atom. The summed E-state index contributed by atoms with van der Waals surface area (Å²) in [6.45, 7) is 0. The lowest BCUT2D eigenvalue weighted by atomic mass is 10.3. The average Bonchev–Trinajstić information content (AvgIpc) is 2.49. The van der Waals surface area contributed by atoms with Crippen molar-refractivity contribution in [3.05, 3.63) is 28.7 Å². The maximum Gasteiger partial charge on any atom is 0.288 e. The Labute approximate surface area is 98.9 Å². The van der Waals surface area contributed by atoms with Crippen LogP contribution >= 0.6 is 27.7 Å². The number of carbonyl (C=O) groups excluding carboxylic acids is 2. The van der Waals surface area contributed by atoms with Gasteiger partial charge in [-0.1, -0.05) is 15.9 Å². The van der Waals surface area contributed by atoms with Gasteiger partial charge in [0.1, 0.15) is 0 Å². The molecule has 1 fully saturated rings. The van der Waals surface area contributed by atoms with E-state index in [1.165, 1.54) is 0 Å². The normalized spacial score (nSPS) is 20.2. The number of anilines is 1. The SMILES string of the molecule is O=C1NC(=O)C(Nc2ccc(Br)cc2)S1. The molecule has 0 aliphatic carbocycles. The standard InChI is InChI=1S/C9H7BrN2O2S/c10-5-1-3-6(4-2-5)11-8-7(13)12-9(14)15-8/h1-4,8,11H,(H,12,13,14). The van der Waals surface area contributed by atoms with Gasteiger partial charge in [-0.05, 0) is 36.0 Å². The van der Waals surface area contributed by atoms with Crippen LogP contribution in [-0.4, -0.2) is 16.5 Å². The molecule has 1 heterocycles. The number of amides is 2. The first kappa shape index (κ1) is 10.5. The number of hydrogen-bond donors (Lipinski definition) is 2. The third kappa shape index (κ3) is 2.51. The number of carbonyl (C=O) groups is 2. The fraction of sp³-hybridized carbons (Fsp3) is 0.111. The van der Waals surface area contributed by atoms with Crippen molar-refractivity contribution in [3.8, 4) is 0 Å². The lowest BCUT2D eigenvalue weighted by molar-refractivity contribution is -0.118. The van der Waals surface area contributed by atoms with Crippen LogP contribution in [0.4, 0.5) is 10.5 Å². The summed E-state index contributed by atoms with van der Waals surface area (Å²) >= 11 is 4.26. The van der Waals surface area contributed by atoms with Gasteiger partial charge in [-0.25, -0.2) is 0 Å². The summed E-state index contributed by atoms with van der Waals surface area (Å²) in [5.74, 6) is -0.298. The van der Waals surface area contributed by atoms with Gasteiger partial charge in [-0.2, -0.15) is 0 Å². The maximum atomic E-state index is 11.2. The molecule has 2 N–H and O–H groups in total. The predicted molar refractivity (Wildman–Crippen MR) is 62.7 cm³/mol. The zero-order valence-electron chi connectivity index (χ0n) is 7.49. The van der Waals surface area contributed by atoms with E-state index in [4.69, 9.17) is 0 Å². The molecular formula is C9H7BrN2O2S. The number of benzene rings is 1. The molecule has 0 radical (unpaired) electrons. The van der Waals surface area contributed by atoms with E-state index in [-0.39, 0.29) is 11.1 Å². The molecule has 0 spiro atoms. The van der Waals surface area contributed by atoms with Crippen LogP contribution < -0.4 is 10.6 Å². The molecule has 78 valence electrons. The van der Waals surface area contributed by atoms with Gasteiger partial charge in [-0.15, -0.1) is 0 Å². The van der Waals surface area contributed by atoms with Crippen LogP contribution in [0.5, 0.6) is 0 Å². The van der Waals surface area contributed by atoms with Crippen molar-refractivity contribution in [2.45, 2.75) is 5.37 Å². The Morgan fingerprint density at radius 3 is 2.47 bits per heavy atom. The van der Waals surface area contributed by atoms with Crippen LogP contribution in [0, 0.1) is 0 Å². The van der Waals surface area contributed by atoms with Crippen molar-refractivity contribution >= 4 is 44.5 Å². The van der Waals surface area contributed by atoms with Gasteiger partial charge >= 0.3 is 0 Å². The van der Waals surface area contributed by atoms with E-state index in [0.717, 1.165) is 21.9 Å². The van der Waals surface area contributed by atoms with Gasteiger partial charge < -0.3 is 5.32 Å². The van der Waals surface area contributed by atoms with E-state index in [1.807, 2.05) is 24.3 Å². The molecule has 0 saturated carbocycles. The number of rotatable bonds is 2. The molecule has 1 aliphatic heterocycles. The minimum atomic E-state index is -0.529. The average molecular weight is 287 g/mol. The summed E-state index contributed by atoms with van der Waals surface area (Å²) in [6, 6.07) is 7.39. The molecule has 2 amide bonds. The second-order valence-corrected chi connectivity index (χ2v) is 4.92. The highest BCUT2D eigenvalue weighted by atomic mass is 79.9. The molecule has 2 rings (SSSR count). The van der Waals surface area contributed by atoms with Crippen LogP contribution in [0.2, 0.25) is 0 Å². The molecular weight excluding hydrogens is 280 g/mol. The molecule has 0 aromatic heterocycles. The number of imide groups is 1. The van der Waals surface area contributed by atoms with E-state index in [0.29, 0.717) is 0 Å². The van der Waals surface area contributed by atoms with E-state index < -0.39 is 5.37 Å². The molecule has 1 aliphatic rings. The largest absolute Gasteiger partial charge is 0.365 e. The second kappa shape index (κ2) is 4.24. The van der Waals surface area contributed by atoms with Gasteiger partial charge in [0.25, 0.3) is 11.1 Å². The molecule has 1 aromatic carbocycles. The fourth-order valence-corrected chi connectivity index (χ4v) is 2.15. The summed E-state index contributed by atoms with van der Waals surface area (Å²) in [4.78, 5) is 22.1. The molecule has 6 heteroatoms. The second-order valence-electron chi connectivity index (χ2n) is 2.93. The Bertz CT molecular complexity index is 407. The Hall–Kier alpha value is -1.01. The first-order valence-corrected chi connectivity index (χ1v) is 5.86. The molecule has 0 bridgehead atoms. The fourth-order valence-electron chi connectivity index (χ4n) is 1.15. The Balaban J connectivity index is 2.06. The van der Waals surface area contributed by atoms with E-state index in [9.17, 15) is 9.59 Å². The van der Waals surface area contributed by atoms with Gasteiger partial charge in [0.15, 0.2) is 5.37 Å². The number of nitrogens with one attached hydrogen (secondary N) is 2. The van der Waals surface area contributed by atoms with Crippen LogP contribution in [0.25, 0.3) is 0 Å². The molecule has 4 nitrogen and oxygen atoms in total. The molecule has 1 saturated heterocycles. The van der Waals surface area contributed by atoms with E-state index in [2.05, 4.69) is 26.6 Å². The molecule has 1 atom stereocenters. The molecule has 1 unspecified atom stereocenters. The van der Waals surface area contributed by atoms with Crippen LogP contribution in [0.1, 0.15) is 0 Å². The van der Waals surface area contributed by atoms with Crippen molar-refractivity contribution in [1.82, 2.24) is 5.32 Å².